The zero-order chi connectivity index (χ0) is 17.9. The van der Waals surface area contributed by atoms with Crippen LogP contribution in [0.1, 0.15) is 78.1 Å². The largest absolute Gasteiger partial charge is 0.411 e. The number of fused-ring (bicyclic) bond motifs is 5. The van der Waals surface area contributed by atoms with Crippen LogP contribution in [-0.2, 0) is 0 Å². The van der Waals surface area contributed by atoms with Crippen molar-refractivity contribution in [3.63, 3.8) is 0 Å². The summed E-state index contributed by atoms with van der Waals surface area (Å²) >= 11 is 0. The van der Waals surface area contributed by atoms with Crippen LogP contribution in [0.2, 0.25) is 0 Å². The molecule has 0 spiro atoms. The minimum Gasteiger partial charge on any atom is -0.411 e. The van der Waals surface area contributed by atoms with Crippen LogP contribution in [0.3, 0.4) is 0 Å². The van der Waals surface area contributed by atoms with Gasteiger partial charge in [0, 0.05) is 6.21 Å². The molecule has 4 saturated carbocycles. The zero-order valence-corrected chi connectivity index (χ0v) is 15.8. The molecule has 4 rings (SSSR count). The second-order valence-electron chi connectivity index (χ2n) is 10.1. The highest BCUT2D eigenvalue weighted by atomic mass is 16.4. The van der Waals surface area contributed by atoms with Crippen molar-refractivity contribution in [2.75, 3.05) is 0 Å². The highest BCUT2D eigenvalue weighted by molar-refractivity contribution is 5.57. The summed E-state index contributed by atoms with van der Waals surface area (Å²) < 4.78 is 0. The maximum atomic E-state index is 11.9. The predicted molar refractivity (Wildman–Crippen MR) is 97.6 cm³/mol. The van der Waals surface area contributed by atoms with Gasteiger partial charge in [-0.15, -0.1) is 5.16 Å². The summed E-state index contributed by atoms with van der Waals surface area (Å²) in [6.45, 7) is 4.75. The molecule has 25 heavy (non-hydrogen) atoms. The monoisotopic (exact) mass is 349 g/mol. The standard InChI is InChI=1S/C21H35NO3/c1-19-9-6-16(23)13-15(19)3-4-18-17(19)7-10-20(2)14(8-12-22-25)5-11-21(18,20)24/h12,14-18,23-25H,3-11,13H2,1-2H3/b22-12+/t14?,15?,16?,17-,18-,19+,20-,21-/m1/s1. The van der Waals surface area contributed by atoms with Crippen LogP contribution in [0.25, 0.3) is 0 Å². The Morgan fingerprint density at radius 2 is 1.80 bits per heavy atom. The molecular formula is C21H35NO3. The second kappa shape index (κ2) is 5.95. The average molecular weight is 350 g/mol. The van der Waals surface area contributed by atoms with Crippen molar-refractivity contribution >= 4 is 6.21 Å². The van der Waals surface area contributed by atoms with Crippen LogP contribution in [0.15, 0.2) is 5.16 Å². The first-order valence-electron chi connectivity index (χ1n) is 10.4. The summed E-state index contributed by atoms with van der Waals surface area (Å²) in [5.74, 6) is 2.05. The third-order valence-electron chi connectivity index (χ3n) is 9.49. The van der Waals surface area contributed by atoms with Crippen LogP contribution in [0.5, 0.6) is 0 Å². The topological polar surface area (TPSA) is 73.1 Å². The Morgan fingerprint density at radius 1 is 1.00 bits per heavy atom. The van der Waals surface area contributed by atoms with Crippen LogP contribution < -0.4 is 0 Å². The molecule has 0 saturated heterocycles. The Bertz CT molecular complexity index is 551. The van der Waals surface area contributed by atoms with Gasteiger partial charge in [-0.05, 0) is 98.7 Å². The number of oxime groups is 1. The highest BCUT2D eigenvalue weighted by Gasteiger charge is 2.66. The molecule has 3 N–H and O–H groups in total. The van der Waals surface area contributed by atoms with E-state index in [0.717, 1.165) is 57.8 Å². The average Bonchev–Trinajstić information content (AvgIpc) is 2.85. The van der Waals surface area contributed by atoms with Crippen molar-refractivity contribution in [2.45, 2.75) is 89.8 Å². The minimum absolute atomic E-state index is 0.0489. The third kappa shape index (κ3) is 2.36. The minimum atomic E-state index is -0.562. The van der Waals surface area contributed by atoms with E-state index in [0.29, 0.717) is 29.1 Å². The van der Waals surface area contributed by atoms with Gasteiger partial charge in [0.15, 0.2) is 0 Å². The number of hydrogen-bond donors (Lipinski definition) is 3. The first-order valence-corrected chi connectivity index (χ1v) is 10.4. The molecule has 4 aliphatic rings. The number of rotatable bonds is 2. The van der Waals surface area contributed by atoms with Crippen molar-refractivity contribution < 1.29 is 15.4 Å². The molecular weight excluding hydrogens is 314 g/mol. The van der Waals surface area contributed by atoms with Gasteiger partial charge >= 0.3 is 0 Å². The zero-order valence-electron chi connectivity index (χ0n) is 15.8. The third-order valence-corrected chi connectivity index (χ3v) is 9.49. The van der Waals surface area contributed by atoms with E-state index < -0.39 is 5.60 Å². The lowest BCUT2D eigenvalue weighted by Gasteiger charge is -2.63. The summed E-state index contributed by atoms with van der Waals surface area (Å²) in [6, 6.07) is 0. The van der Waals surface area contributed by atoms with Crippen LogP contribution in [0.4, 0.5) is 0 Å². The lowest BCUT2D eigenvalue weighted by Crippen LogP contribution is -2.62. The fraction of sp³-hybridized carbons (Fsp3) is 0.952. The molecule has 4 nitrogen and oxygen atoms in total. The van der Waals surface area contributed by atoms with E-state index in [1.807, 2.05) is 0 Å². The Morgan fingerprint density at radius 3 is 2.56 bits per heavy atom. The Kier molecular flexibility index (Phi) is 4.23. The fourth-order valence-corrected chi connectivity index (χ4v) is 7.87. The van der Waals surface area contributed by atoms with Gasteiger partial charge in [0.05, 0.1) is 11.7 Å². The molecule has 8 atom stereocenters. The molecule has 0 amide bonds. The molecule has 3 unspecified atom stereocenters. The van der Waals surface area contributed by atoms with Crippen molar-refractivity contribution in [3.05, 3.63) is 0 Å². The summed E-state index contributed by atoms with van der Waals surface area (Å²) in [7, 11) is 0. The van der Waals surface area contributed by atoms with Gasteiger partial charge in [-0.1, -0.05) is 13.8 Å². The number of nitrogens with zero attached hydrogens (tertiary/aromatic N) is 1. The summed E-state index contributed by atoms with van der Waals surface area (Å²) in [5.41, 5.74) is -0.315. The van der Waals surface area contributed by atoms with Gasteiger partial charge in [-0.25, -0.2) is 0 Å². The predicted octanol–water partition coefficient (Wildman–Crippen LogP) is 3.97. The van der Waals surface area contributed by atoms with E-state index >= 15 is 0 Å². The summed E-state index contributed by atoms with van der Waals surface area (Å²) in [4.78, 5) is 0. The van der Waals surface area contributed by atoms with E-state index in [2.05, 4.69) is 19.0 Å². The number of aliphatic hydroxyl groups excluding tert-OH is 1. The molecule has 0 radical (unpaired) electrons. The fourth-order valence-electron chi connectivity index (χ4n) is 7.87. The Labute approximate surface area is 151 Å². The van der Waals surface area contributed by atoms with E-state index in [4.69, 9.17) is 5.21 Å². The van der Waals surface area contributed by atoms with Gasteiger partial charge in [-0.3, -0.25) is 0 Å². The molecule has 0 heterocycles. The summed E-state index contributed by atoms with van der Waals surface area (Å²) in [5, 5.41) is 34.1. The molecule has 4 fully saturated rings. The second-order valence-corrected chi connectivity index (χ2v) is 10.1. The SMILES string of the molecule is C[C@]12CCC(O)CC1CC[C@@H]1[C@H]2CC[C@]2(C)C(C/C=N/O)CC[C@@]12O. The first kappa shape index (κ1) is 17.8. The van der Waals surface area contributed by atoms with Gasteiger partial charge in [-0.2, -0.15) is 0 Å². The molecule has 4 aliphatic carbocycles. The van der Waals surface area contributed by atoms with E-state index in [1.165, 1.54) is 6.42 Å². The number of hydrogen-bond acceptors (Lipinski definition) is 4. The molecule has 0 aliphatic heterocycles. The normalized spacial score (nSPS) is 55.6. The number of aliphatic hydroxyl groups is 2. The Hall–Kier alpha value is -0.610. The maximum absolute atomic E-state index is 11.9. The van der Waals surface area contributed by atoms with Crippen molar-refractivity contribution in [1.82, 2.24) is 0 Å². The molecule has 142 valence electrons. The van der Waals surface area contributed by atoms with Crippen molar-refractivity contribution in [2.24, 2.45) is 39.7 Å². The van der Waals surface area contributed by atoms with Crippen LogP contribution >= 0.6 is 0 Å². The van der Waals surface area contributed by atoms with Gasteiger partial charge in [0.1, 0.15) is 0 Å². The lowest BCUT2D eigenvalue weighted by molar-refractivity contribution is -0.209. The maximum Gasteiger partial charge on any atom is 0.0734 e. The first-order chi connectivity index (χ1) is 11.8. The molecule has 0 bridgehead atoms. The van der Waals surface area contributed by atoms with Crippen molar-refractivity contribution in [1.29, 1.82) is 0 Å². The quantitative estimate of drug-likeness (QED) is 0.401. The van der Waals surface area contributed by atoms with E-state index in [1.54, 1.807) is 6.21 Å². The Balaban J connectivity index is 1.62. The highest BCUT2D eigenvalue weighted by Crippen LogP contribution is 2.69. The molecule has 0 aromatic heterocycles. The molecule has 0 aromatic rings. The molecule has 4 heteroatoms. The smallest absolute Gasteiger partial charge is 0.0734 e. The van der Waals surface area contributed by atoms with Gasteiger partial charge < -0.3 is 15.4 Å². The van der Waals surface area contributed by atoms with Gasteiger partial charge in [0.2, 0.25) is 0 Å². The van der Waals surface area contributed by atoms with E-state index in [-0.39, 0.29) is 11.5 Å². The molecule has 0 aromatic carbocycles. The van der Waals surface area contributed by atoms with Crippen LogP contribution in [-0.4, -0.2) is 33.3 Å². The van der Waals surface area contributed by atoms with E-state index in [9.17, 15) is 10.2 Å². The van der Waals surface area contributed by atoms with Crippen molar-refractivity contribution in [3.8, 4) is 0 Å². The van der Waals surface area contributed by atoms with Crippen LogP contribution in [0, 0.1) is 34.5 Å². The lowest BCUT2D eigenvalue weighted by atomic mass is 9.43. The summed E-state index contributed by atoms with van der Waals surface area (Å²) in [6.07, 6.45) is 11.8. The van der Waals surface area contributed by atoms with Gasteiger partial charge in [0.25, 0.3) is 0 Å².